The molecule has 0 fully saturated rings. The summed E-state index contributed by atoms with van der Waals surface area (Å²) in [7, 11) is 2.84. The molecule has 0 aliphatic heterocycles. The largest absolute Gasteiger partial charge is 0.503 e. The smallest absolute Gasteiger partial charge is 0.341 e. The molecule has 0 aliphatic rings. The second-order valence-corrected chi connectivity index (χ2v) is 6.00. The molecule has 26 heavy (non-hydrogen) atoms. The molecule has 0 bridgehead atoms. The van der Waals surface area contributed by atoms with Crippen molar-refractivity contribution in [2.75, 3.05) is 14.2 Å². The predicted molar refractivity (Wildman–Crippen MR) is 108 cm³/mol. The molecule has 3 nitrogen and oxygen atoms in total. The fourth-order valence-electron chi connectivity index (χ4n) is 2.42. The summed E-state index contributed by atoms with van der Waals surface area (Å²) in [5.74, 6) is -0.449. The van der Waals surface area contributed by atoms with E-state index < -0.39 is 5.97 Å². The zero-order valence-electron chi connectivity index (χ0n) is 15.0. The van der Waals surface area contributed by atoms with Gasteiger partial charge < -0.3 is 9.47 Å². The molecule has 2 aromatic carbocycles. The highest BCUT2D eigenvalue weighted by molar-refractivity contribution is 6.32. The van der Waals surface area contributed by atoms with E-state index in [-0.39, 0.29) is 0 Å². The minimum absolute atomic E-state index is 0.362. The van der Waals surface area contributed by atoms with E-state index in [9.17, 15) is 4.79 Å². The number of hydrogen-bond donors (Lipinski definition) is 0. The highest BCUT2D eigenvalue weighted by Crippen LogP contribution is 2.22. The van der Waals surface area contributed by atoms with Crippen molar-refractivity contribution in [2.45, 2.75) is 6.92 Å². The van der Waals surface area contributed by atoms with E-state index in [1.807, 2.05) is 73.7 Å². The van der Waals surface area contributed by atoms with Gasteiger partial charge in [-0.1, -0.05) is 72.3 Å². The maximum Gasteiger partial charge on any atom is 0.341 e. The van der Waals surface area contributed by atoms with Crippen molar-refractivity contribution >= 4 is 35.3 Å². The average molecular weight is 369 g/mol. The number of allylic oxidation sites excluding steroid dienone is 2. The van der Waals surface area contributed by atoms with Gasteiger partial charge in [0.25, 0.3) is 0 Å². The molecule has 2 rings (SSSR count). The molecular weight excluding hydrogens is 348 g/mol. The first-order chi connectivity index (χ1) is 12.6. The summed E-state index contributed by atoms with van der Waals surface area (Å²) in [6.45, 7) is 2.00. The maximum atomic E-state index is 12.0. The molecule has 0 spiro atoms. The van der Waals surface area contributed by atoms with E-state index in [0.717, 1.165) is 22.3 Å². The van der Waals surface area contributed by atoms with Gasteiger partial charge in [0, 0.05) is 5.02 Å². The van der Waals surface area contributed by atoms with Gasteiger partial charge in [0.2, 0.25) is 0 Å². The van der Waals surface area contributed by atoms with Crippen LogP contribution < -0.4 is 0 Å². The second-order valence-electron chi connectivity index (χ2n) is 5.59. The number of rotatable bonds is 6. The van der Waals surface area contributed by atoms with Crippen LogP contribution in [0.4, 0.5) is 0 Å². The number of hydrogen-bond acceptors (Lipinski definition) is 3. The highest BCUT2D eigenvalue weighted by atomic mass is 35.5. The third-order valence-corrected chi connectivity index (χ3v) is 4.04. The number of aryl methyl sites for hydroxylation is 1. The lowest BCUT2D eigenvalue weighted by Gasteiger charge is -2.08. The number of carbonyl (C=O) groups excluding carboxylic acids is 1. The topological polar surface area (TPSA) is 35.5 Å². The van der Waals surface area contributed by atoms with E-state index in [4.69, 9.17) is 21.1 Å². The Balaban J connectivity index is 2.27. The Morgan fingerprint density at radius 1 is 1.00 bits per heavy atom. The maximum absolute atomic E-state index is 12.0. The molecule has 0 saturated heterocycles. The van der Waals surface area contributed by atoms with Crippen molar-refractivity contribution in [1.82, 2.24) is 0 Å². The Morgan fingerprint density at radius 2 is 1.69 bits per heavy atom. The highest BCUT2D eigenvalue weighted by Gasteiger charge is 2.15. The first-order valence-corrected chi connectivity index (χ1v) is 8.46. The summed E-state index contributed by atoms with van der Waals surface area (Å²) in [4.78, 5) is 12.0. The van der Waals surface area contributed by atoms with Gasteiger partial charge in [0.05, 0.1) is 20.5 Å². The monoisotopic (exact) mass is 368 g/mol. The van der Waals surface area contributed by atoms with E-state index in [1.165, 1.54) is 20.5 Å². The fraction of sp³-hybridized carbons (Fsp3) is 0.136. The summed E-state index contributed by atoms with van der Waals surface area (Å²) in [5, 5.41) is 0.714. The first-order valence-electron chi connectivity index (χ1n) is 8.08. The van der Waals surface area contributed by atoms with Gasteiger partial charge in [0.15, 0.2) is 0 Å². The molecule has 134 valence electrons. The van der Waals surface area contributed by atoms with Crippen LogP contribution in [-0.4, -0.2) is 20.2 Å². The van der Waals surface area contributed by atoms with Crippen LogP contribution in [0.3, 0.4) is 0 Å². The summed E-state index contributed by atoms with van der Waals surface area (Å²) < 4.78 is 9.87. The Hall–Kier alpha value is -2.78. The first kappa shape index (κ1) is 19.5. The third kappa shape index (κ3) is 5.11. The Kier molecular flexibility index (Phi) is 7.24. The molecule has 0 amide bonds. The van der Waals surface area contributed by atoms with Crippen LogP contribution in [0.2, 0.25) is 5.02 Å². The molecule has 0 N–H and O–H groups in total. The van der Waals surface area contributed by atoms with Gasteiger partial charge in [-0.05, 0) is 35.2 Å². The van der Waals surface area contributed by atoms with Crippen molar-refractivity contribution < 1.29 is 14.3 Å². The van der Waals surface area contributed by atoms with Gasteiger partial charge in [-0.3, -0.25) is 0 Å². The van der Waals surface area contributed by atoms with E-state index in [1.54, 1.807) is 0 Å². The molecule has 0 atom stereocenters. The predicted octanol–water partition coefficient (Wildman–Crippen LogP) is 5.54. The van der Waals surface area contributed by atoms with Crippen LogP contribution in [0, 0.1) is 6.92 Å². The summed E-state index contributed by atoms with van der Waals surface area (Å²) in [5.41, 5.74) is 4.04. The molecular formula is C22H21ClO3. The Morgan fingerprint density at radius 3 is 2.35 bits per heavy atom. The normalized spacial score (nSPS) is 11.9. The van der Waals surface area contributed by atoms with Crippen molar-refractivity contribution in [1.29, 1.82) is 0 Å². The van der Waals surface area contributed by atoms with Gasteiger partial charge in [-0.25, -0.2) is 4.79 Å². The summed E-state index contributed by atoms with van der Waals surface area (Å²) in [6, 6.07) is 13.5. The number of benzene rings is 2. The lowest BCUT2D eigenvalue weighted by atomic mass is 10.00. The molecule has 0 saturated carbocycles. The van der Waals surface area contributed by atoms with Crippen LogP contribution in [0.1, 0.15) is 22.3 Å². The van der Waals surface area contributed by atoms with Gasteiger partial charge >= 0.3 is 5.97 Å². The van der Waals surface area contributed by atoms with Crippen molar-refractivity contribution in [3.63, 3.8) is 0 Å². The molecule has 0 unspecified atom stereocenters. The lowest BCUT2D eigenvalue weighted by molar-refractivity contribution is -0.133. The van der Waals surface area contributed by atoms with Crippen LogP contribution >= 0.6 is 11.6 Å². The van der Waals surface area contributed by atoms with Crippen molar-refractivity contribution in [3.05, 3.63) is 88.2 Å². The quantitative estimate of drug-likeness (QED) is 0.291. The summed E-state index contributed by atoms with van der Waals surface area (Å²) in [6.07, 6.45) is 9.05. The molecule has 0 radical (unpaired) electrons. The van der Waals surface area contributed by atoms with E-state index in [0.29, 0.717) is 10.6 Å². The van der Waals surface area contributed by atoms with E-state index >= 15 is 0 Å². The Bertz CT molecular complexity index is 863. The standard InChI is InChI=1S/C22H21ClO3/c1-16-12-13-18(21(23)14-16)10-5-4-8-17-9-6-7-11-19(17)20(15-25-2)22(24)26-3/h4-15H,1-3H3/b8-4+,10-5+,20-15+. The number of halogens is 1. The number of esters is 1. The molecule has 4 heteroatoms. The molecule has 0 aliphatic carbocycles. The molecule has 2 aromatic rings. The zero-order chi connectivity index (χ0) is 18.9. The van der Waals surface area contributed by atoms with Crippen LogP contribution in [-0.2, 0) is 14.3 Å². The minimum Gasteiger partial charge on any atom is -0.503 e. The van der Waals surface area contributed by atoms with E-state index in [2.05, 4.69) is 0 Å². The van der Waals surface area contributed by atoms with Gasteiger partial charge in [-0.2, -0.15) is 0 Å². The number of ether oxygens (including phenoxy) is 2. The minimum atomic E-state index is -0.449. The molecule has 0 aromatic heterocycles. The van der Waals surface area contributed by atoms with Crippen LogP contribution in [0.15, 0.2) is 60.9 Å². The van der Waals surface area contributed by atoms with Gasteiger partial charge in [0.1, 0.15) is 5.57 Å². The SMILES string of the molecule is CO/C=C(/C(=O)OC)c1ccccc1/C=C/C=C/c1ccc(C)cc1Cl. The van der Waals surface area contributed by atoms with Gasteiger partial charge in [-0.15, -0.1) is 0 Å². The zero-order valence-corrected chi connectivity index (χ0v) is 15.8. The van der Waals surface area contributed by atoms with Crippen molar-refractivity contribution in [3.8, 4) is 0 Å². The lowest BCUT2D eigenvalue weighted by Crippen LogP contribution is -2.05. The fourth-order valence-corrected chi connectivity index (χ4v) is 2.72. The molecule has 0 heterocycles. The third-order valence-electron chi connectivity index (χ3n) is 3.71. The number of methoxy groups -OCH3 is 2. The second kappa shape index (κ2) is 9.64. The Labute approximate surface area is 159 Å². The average Bonchev–Trinajstić information content (AvgIpc) is 2.64. The number of carbonyl (C=O) groups is 1. The summed E-state index contributed by atoms with van der Waals surface area (Å²) >= 11 is 6.23. The van der Waals surface area contributed by atoms with Crippen LogP contribution in [0.5, 0.6) is 0 Å². The van der Waals surface area contributed by atoms with Crippen LogP contribution in [0.25, 0.3) is 17.7 Å². The van der Waals surface area contributed by atoms with Crippen molar-refractivity contribution in [2.24, 2.45) is 0 Å².